The van der Waals surface area contributed by atoms with Gasteiger partial charge < -0.3 is 4.98 Å². The maximum Gasteiger partial charge on any atom is 0.214 e. The van der Waals surface area contributed by atoms with Crippen molar-refractivity contribution in [3.63, 3.8) is 0 Å². The minimum atomic E-state index is 0.101. The van der Waals surface area contributed by atoms with Crippen LogP contribution in [0.3, 0.4) is 0 Å². The third-order valence-electron chi connectivity index (χ3n) is 12.6. The molecule has 3 heteroatoms. The largest absolute Gasteiger partial charge is 0.358 e. The smallest absolute Gasteiger partial charge is 0.214 e. The first kappa shape index (κ1) is 32.7. The first-order valence-electron chi connectivity index (χ1n) is 19.7. The lowest BCUT2D eigenvalue weighted by Crippen LogP contribution is -2.18. The summed E-state index contributed by atoms with van der Waals surface area (Å²) < 4.78 is 0. The number of nitrogens with one attached hydrogen (secondary N) is 1. The van der Waals surface area contributed by atoms with Crippen molar-refractivity contribution in [3.05, 3.63) is 86.8 Å². The molecule has 4 saturated carbocycles. The second-order valence-electron chi connectivity index (χ2n) is 16.8. The quantitative estimate of drug-likeness (QED) is 0.308. The summed E-state index contributed by atoms with van der Waals surface area (Å²) in [6, 6.07) is 12.1. The van der Waals surface area contributed by atoms with Crippen LogP contribution in [0.1, 0.15) is 189 Å². The minimum Gasteiger partial charge on any atom is -0.358 e. The normalized spacial score (nSPS) is 24.0. The van der Waals surface area contributed by atoms with E-state index in [0.29, 0.717) is 23.7 Å². The van der Waals surface area contributed by atoms with E-state index in [2.05, 4.69) is 60.9 Å². The molecule has 3 nitrogen and oxygen atoms in total. The van der Waals surface area contributed by atoms with Crippen LogP contribution in [0.2, 0.25) is 0 Å². The van der Waals surface area contributed by atoms with Crippen molar-refractivity contribution in [2.24, 2.45) is 16.8 Å². The fourth-order valence-corrected chi connectivity index (χ4v) is 9.84. The summed E-state index contributed by atoms with van der Waals surface area (Å²) in [4.78, 5) is 14.3. The van der Waals surface area contributed by atoms with Gasteiger partial charge in [0.2, 0.25) is 5.70 Å². The summed E-state index contributed by atoms with van der Waals surface area (Å²) in [5.41, 5.74) is 12.9. The average molecular weight is 630 g/mol. The monoisotopic (exact) mass is 629 g/mol. The highest BCUT2D eigenvalue weighted by atomic mass is 14.9. The summed E-state index contributed by atoms with van der Waals surface area (Å²) in [7, 11) is 0. The van der Waals surface area contributed by atoms with E-state index in [4.69, 9.17) is 11.6 Å². The van der Waals surface area contributed by atoms with Gasteiger partial charge in [0, 0.05) is 11.3 Å². The van der Waals surface area contributed by atoms with Gasteiger partial charge >= 0.3 is 0 Å². The number of aromatic amines is 1. The Kier molecular flexibility index (Phi) is 9.96. The third kappa shape index (κ3) is 6.86. The van der Waals surface area contributed by atoms with E-state index in [1.54, 1.807) is 5.56 Å². The van der Waals surface area contributed by atoms with Gasteiger partial charge in [-0.05, 0) is 109 Å². The van der Waals surface area contributed by atoms with Gasteiger partial charge in [-0.15, -0.1) is 0 Å². The second kappa shape index (κ2) is 14.3. The predicted octanol–water partition coefficient (Wildman–Crippen LogP) is 13.0. The van der Waals surface area contributed by atoms with Crippen LogP contribution in [0.15, 0.2) is 52.3 Å². The Hall–Kier alpha value is -2.86. The highest BCUT2D eigenvalue weighted by Crippen LogP contribution is 2.49. The first-order chi connectivity index (χ1) is 22.9. The molecule has 0 radical (unpaired) electrons. The Morgan fingerprint density at radius 2 is 1.19 bits per heavy atom. The van der Waals surface area contributed by atoms with E-state index in [9.17, 15) is 0 Å². The fourth-order valence-electron chi connectivity index (χ4n) is 9.84. The van der Waals surface area contributed by atoms with Crippen molar-refractivity contribution in [2.75, 3.05) is 0 Å². The molecule has 1 aromatic carbocycles. The molecular weight excluding hydrogens is 571 g/mol. The number of aliphatic imine (C=N–C) groups is 1. The van der Waals surface area contributed by atoms with Crippen LogP contribution in [0.25, 0.3) is 10.4 Å². The Bertz CT molecular complexity index is 1520. The van der Waals surface area contributed by atoms with Gasteiger partial charge in [0.05, 0.1) is 23.7 Å². The van der Waals surface area contributed by atoms with Crippen molar-refractivity contribution in [3.8, 4) is 0 Å². The van der Waals surface area contributed by atoms with E-state index in [0.717, 1.165) is 17.1 Å². The van der Waals surface area contributed by atoms with E-state index in [-0.39, 0.29) is 5.41 Å². The summed E-state index contributed by atoms with van der Waals surface area (Å²) in [6.07, 6.45) is 25.7. The Morgan fingerprint density at radius 3 is 1.72 bits per heavy atom. The maximum absolute atomic E-state index is 8.63. The molecule has 1 aromatic heterocycles. The van der Waals surface area contributed by atoms with Crippen molar-refractivity contribution < 1.29 is 0 Å². The lowest BCUT2D eigenvalue weighted by Gasteiger charge is -2.27. The SMILES string of the molecule is [C-]#[N+]C1=C(C2CCCCC2)C(=C(c2ccc(C(C)(C)C)cc2)c2[nH]c(C3CCCCC3)cc2C2CCCCC2)N=C1C1CCCCC1. The van der Waals surface area contributed by atoms with E-state index in [1.165, 1.54) is 162 Å². The maximum atomic E-state index is 8.63. The molecule has 0 amide bonds. The molecule has 0 spiro atoms. The molecule has 2 heterocycles. The van der Waals surface area contributed by atoms with Crippen LogP contribution in [0.4, 0.5) is 0 Å². The van der Waals surface area contributed by atoms with E-state index in [1.807, 2.05) is 0 Å². The summed E-state index contributed by atoms with van der Waals surface area (Å²) >= 11 is 0. The highest BCUT2D eigenvalue weighted by molar-refractivity contribution is 6.09. The van der Waals surface area contributed by atoms with Gasteiger partial charge in [-0.3, -0.25) is 4.99 Å². The van der Waals surface area contributed by atoms with Crippen LogP contribution in [0, 0.1) is 18.4 Å². The molecule has 1 N–H and O–H groups in total. The molecule has 5 aliphatic rings. The standard InChI is InChI=1S/C44H59N3/c1-44(2,3)35-27-25-33(26-28-35)38(41-36(30-17-9-5-10-18-30)29-37(46-41)31-19-11-6-12-20-31)42-39(32-21-13-7-14-22-32)43(45-4)40(47-42)34-23-15-8-16-24-34/h25-32,34,46H,5-24H2,1-3H3. The zero-order valence-corrected chi connectivity index (χ0v) is 29.7. The van der Waals surface area contributed by atoms with Crippen molar-refractivity contribution in [2.45, 2.75) is 166 Å². The summed E-state index contributed by atoms with van der Waals surface area (Å²) in [5.74, 6) is 2.09. The first-order valence-corrected chi connectivity index (χ1v) is 19.7. The highest BCUT2D eigenvalue weighted by Gasteiger charge is 2.38. The Morgan fingerprint density at radius 1 is 0.681 bits per heavy atom. The zero-order chi connectivity index (χ0) is 32.4. The Balaban J connectivity index is 1.48. The third-order valence-corrected chi connectivity index (χ3v) is 12.6. The molecule has 4 fully saturated rings. The van der Waals surface area contributed by atoms with Crippen molar-refractivity contribution in [1.82, 2.24) is 4.98 Å². The minimum absolute atomic E-state index is 0.101. The lowest BCUT2D eigenvalue weighted by molar-refractivity contribution is 0.405. The van der Waals surface area contributed by atoms with Crippen molar-refractivity contribution >= 4 is 11.3 Å². The molecule has 0 atom stereocenters. The van der Waals surface area contributed by atoms with Gasteiger partial charge in [-0.25, -0.2) is 4.85 Å². The van der Waals surface area contributed by atoms with Crippen LogP contribution in [-0.4, -0.2) is 10.7 Å². The molecule has 1 aliphatic heterocycles. The van der Waals surface area contributed by atoms with E-state index < -0.39 is 0 Å². The molecule has 47 heavy (non-hydrogen) atoms. The number of aromatic nitrogens is 1. The van der Waals surface area contributed by atoms with Gasteiger partial charge in [0.1, 0.15) is 0 Å². The number of allylic oxidation sites excluding steroid dienone is 2. The van der Waals surface area contributed by atoms with Crippen LogP contribution < -0.4 is 0 Å². The topological polar surface area (TPSA) is 32.5 Å². The number of hydrogen-bond donors (Lipinski definition) is 1. The molecule has 250 valence electrons. The van der Waals surface area contributed by atoms with Crippen molar-refractivity contribution in [1.29, 1.82) is 0 Å². The number of hydrogen-bond acceptors (Lipinski definition) is 1. The van der Waals surface area contributed by atoms with Gasteiger partial charge in [-0.2, -0.15) is 0 Å². The molecule has 2 aromatic rings. The van der Waals surface area contributed by atoms with Crippen LogP contribution in [-0.2, 0) is 5.41 Å². The fraction of sp³-hybridized carbons (Fsp3) is 0.636. The van der Waals surface area contributed by atoms with Gasteiger partial charge in [0.15, 0.2) is 0 Å². The number of H-pyrrole nitrogens is 1. The predicted molar refractivity (Wildman–Crippen MR) is 198 cm³/mol. The molecule has 0 saturated heterocycles. The molecular formula is C44H59N3. The number of nitrogens with zero attached hydrogens (tertiary/aromatic N) is 2. The van der Waals surface area contributed by atoms with Gasteiger partial charge in [-0.1, -0.05) is 122 Å². The molecule has 0 unspecified atom stereocenters. The Labute approximate surface area is 285 Å². The zero-order valence-electron chi connectivity index (χ0n) is 29.7. The van der Waals surface area contributed by atoms with E-state index >= 15 is 0 Å². The van der Waals surface area contributed by atoms with Gasteiger partial charge in [0.25, 0.3) is 0 Å². The number of benzene rings is 1. The molecule has 7 rings (SSSR count). The average Bonchev–Trinajstić information content (AvgIpc) is 3.73. The second-order valence-corrected chi connectivity index (χ2v) is 16.8. The molecule has 4 aliphatic carbocycles. The lowest BCUT2D eigenvalue weighted by atomic mass is 9.77. The molecule has 0 bridgehead atoms. The summed E-state index contributed by atoms with van der Waals surface area (Å²) in [5, 5.41) is 0. The van der Waals surface area contributed by atoms with Crippen LogP contribution >= 0.6 is 0 Å². The summed E-state index contributed by atoms with van der Waals surface area (Å²) in [6.45, 7) is 15.6. The number of rotatable bonds is 6. The van der Waals surface area contributed by atoms with Crippen LogP contribution in [0.5, 0.6) is 0 Å².